The fourth-order valence-corrected chi connectivity index (χ4v) is 1.79. The van der Waals surface area contributed by atoms with Gasteiger partial charge in [0.15, 0.2) is 11.6 Å². The molecule has 0 aliphatic carbocycles. The maximum absolute atomic E-state index is 5.62. The van der Waals surface area contributed by atoms with Crippen molar-refractivity contribution in [3.63, 3.8) is 0 Å². The average molecular weight is 228 g/mol. The third kappa shape index (κ3) is 1.83. The Morgan fingerprint density at radius 1 is 1.24 bits per heavy atom. The average Bonchev–Trinajstić information content (AvgIpc) is 2.94. The van der Waals surface area contributed by atoms with Crippen LogP contribution in [0.5, 0.6) is 0 Å². The number of nitrogens with zero attached hydrogens (tertiary/aromatic N) is 1. The summed E-state index contributed by atoms with van der Waals surface area (Å²) in [7, 11) is 1.64. The van der Waals surface area contributed by atoms with Crippen LogP contribution < -0.4 is 0 Å². The fraction of sp³-hybridized carbons (Fsp3) is 0.154. The first-order valence-corrected chi connectivity index (χ1v) is 5.39. The van der Waals surface area contributed by atoms with Gasteiger partial charge in [-0.15, -0.1) is 0 Å². The quantitative estimate of drug-likeness (QED) is 0.749. The molecule has 2 aromatic heterocycles. The van der Waals surface area contributed by atoms with Crippen LogP contribution in [0.3, 0.4) is 0 Å². The van der Waals surface area contributed by atoms with Crippen LogP contribution in [0.2, 0.25) is 0 Å². The monoisotopic (exact) mass is 228 g/mol. The lowest BCUT2D eigenvalue weighted by Gasteiger charge is -1.92. The number of benzene rings is 1. The van der Waals surface area contributed by atoms with E-state index >= 15 is 0 Å². The molecule has 3 aromatic rings. The van der Waals surface area contributed by atoms with E-state index in [9.17, 15) is 0 Å². The molecule has 3 rings (SSSR count). The minimum atomic E-state index is 0.472. The van der Waals surface area contributed by atoms with Crippen molar-refractivity contribution in [2.45, 2.75) is 6.61 Å². The molecule has 0 aliphatic rings. The van der Waals surface area contributed by atoms with E-state index < -0.39 is 0 Å². The first kappa shape index (κ1) is 10.1. The second-order valence-electron chi connectivity index (χ2n) is 3.80. The number of imidazole rings is 1. The van der Waals surface area contributed by atoms with E-state index in [1.807, 2.05) is 36.4 Å². The maximum atomic E-state index is 5.62. The Morgan fingerprint density at radius 2 is 2.12 bits per heavy atom. The predicted molar refractivity (Wildman–Crippen MR) is 64.5 cm³/mol. The Bertz CT molecular complexity index is 606. The van der Waals surface area contributed by atoms with Gasteiger partial charge < -0.3 is 14.1 Å². The van der Waals surface area contributed by atoms with Gasteiger partial charge in [0.05, 0.1) is 11.0 Å². The molecule has 1 N–H and O–H groups in total. The highest BCUT2D eigenvalue weighted by atomic mass is 16.5. The zero-order chi connectivity index (χ0) is 11.7. The molecule has 4 nitrogen and oxygen atoms in total. The summed E-state index contributed by atoms with van der Waals surface area (Å²) in [5.41, 5.74) is 1.94. The second-order valence-corrected chi connectivity index (χ2v) is 3.80. The minimum absolute atomic E-state index is 0.472. The molecule has 0 aliphatic heterocycles. The summed E-state index contributed by atoms with van der Waals surface area (Å²) in [6.45, 7) is 0.472. The maximum Gasteiger partial charge on any atom is 0.174 e. The number of rotatable bonds is 3. The molecule has 0 amide bonds. The fourth-order valence-electron chi connectivity index (χ4n) is 1.79. The van der Waals surface area contributed by atoms with Gasteiger partial charge in [0, 0.05) is 7.11 Å². The molecule has 0 bridgehead atoms. The third-order valence-corrected chi connectivity index (χ3v) is 2.57. The number of nitrogens with one attached hydrogen (secondary N) is 1. The molecule has 1 aromatic carbocycles. The molecule has 0 unspecified atom stereocenters. The van der Waals surface area contributed by atoms with E-state index in [4.69, 9.17) is 9.15 Å². The number of hydrogen-bond acceptors (Lipinski definition) is 3. The Morgan fingerprint density at radius 3 is 2.94 bits per heavy atom. The molecule has 17 heavy (non-hydrogen) atoms. The van der Waals surface area contributed by atoms with Crippen molar-refractivity contribution in [1.29, 1.82) is 0 Å². The van der Waals surface area contributed by atoms with Crippen LogP contribution in [0.1, 0.15) is 5.76 Å². The van der Waals surface area contributed by atoms with Gasteiger partial charge >= 0.3 is 0 Å². The molecule has 0 radical (unpaired) electrons. The topological polar surface area (TPSA) is 51.0 Å². The van der Waals surface area contributed by atoms with Crippen LogP contribution in [-0.4, -0.2) is 17.1 Å². The molecular formula is C13H12N2O2. The summed E-state index contributed by atoms with van der Waals surface area (Å²) < 4.78 is 10.6. The van der Waals surface area contributed by atoms with E-state index in [0.717, 1.165) is 28.4 Å². The highest BCUT2D eigenvalue weighted by Gasteiger charge is 2.09. The molecule has 0 saturated heterocycles. The van der Waals surface area contributed by atoms with Gasteiger partial charge in [-0.2, -0.15) is 0 Å². The Labute approximate surface area is 98.2 Å². The van der Waals surface area contributed by atoms with Crippen LogP contribution in [0.4, 0.5) is 0 Å². The first-order valence-electron chi connectivity index (χ1n) is 5.39. The van der Waals surface area contributed by atoms with Crippen LogP contribution >= 0.6 is 0 Å². The Hall–Kier alpha value is -2.07. The standard InChI is InChI=1S/C13H12N2O2/c1-16-8-9-6-7-12(17-9)13-14-10-4-2-3-5-11(10)15-13/h2-7H,8H2,1H3,(H,14,15). The van der Waals surface area contributed by atoms with Crippen LogP contribution in [-0.2, 0) is 11.3 Å². The second kappa shape index (κ2) is 4.07. The van der Waals surface area contributed by atoms with E-state index in [2.05, 4.69) is 9.97 Å². The van der Waals surface area contributed by atoms with Crippen LogP contribution in [0, 0.1) is 0 Å². The summed E-state index contributed by atoms with van der Waals surface area (Å²) in [5.74, 6) is 2.27. The van der Waals surface area contributed by atoms with Gasteiger partial charge in [-0.3, -0.25) is 0 Å². The number of para-hydroxylation sites is 2. The van der Waals surface area contributed by atoms with E-state index in [-0.39, 0.29) is 0 Å². The van der Waals surface area contributed by atoms with Crippen molar-refractivity contribution < 1.29 is 9.15 Å². The molecule has 0 spiro atoms. The molecule has 0 atom stereocenters. The largest absolute Gasteiger partial charge is 0.455 e. The number of fused-ring (bicyclic) bond motifs is 1. The van der Waals surface area contributed by atoms with Crippen LogP contribution in [0.15, 0.2) is 40.8 Å². The van der Waals surface area contributed by atoms with Crippen molar-refractivity contribution in [3.8, 4) is 11.6 Å². The summed E-state index contributed by atoms with van der Waals surface area (Å²) in [6.07, 6.45) is 0. The SMILES string of the molecule is COCc1ccc(-c2nc3ccccc3[nH]2)o1. The lowest BCUT2D eigenvalue weighted by molar-refractivity contribution is 0.165. The van der Waals surface area contributed by atoms with E-state index in [1.165, 1.54) is 0 Å². The number of aromatic amines is 1. The van der Waals surface area contributed by atoms with Crippen molar-refractivity contribution in [2.75, 3.05) is 7.11 Å². The van der Waals surface area contributed by atoms with Gasteiger partial charge in [0.25, 0.3) is 0 Å². The van der Waals surface area contributed by atoms with E-state index in [0.29, 0.717) is 6.61 Å². The smallest absolute Gasteiger partial charge is 0.174 e. The Balaban J connectivity index is 2.01. The minimum Gasteiger partial charge on any atom is -0.455 e. The molecule has 0 fully saturated rings. The summed E-state index contributed by atoms with van der Waals surface area (Å²) in [4.78, 5) is 7.69. The lowest BCUT2D eigenvalue weighted by Crippen LogP contribution is -1.82. The normalized spacial score (nSPS) is 11.1. The molecule has 2 heterocycles. The predicted octanol–water partition coefficient (Wildman–Crippen LogP) is 2.97. The number of H-pyrrole nitrogens is 1. The lowest BCUT2D eigenvalue weighted by atomic mass is 10.3. The van der Waals surface area contributed by atoms with Gasteiger partial charge in [-0.1, -0.05) is 12.1 Å². The number of methoxy groups -OCH3 is 1. The van der Waals surface area contributed by atoms with Gasteiger partial charge in [-0.05, 0) is 24.3 Å². The zero-order valence-electron chi connectivity index (χ0n) is 9.43. The zero-order valence-corrected chi connectivity index (χ0v) is 9.43. The van der Waals surface area contributed by atoms with Crippen molar-refractivity contribution in [3.05, 3.63) is 42.2 Å². The van der Waals surface area contributed by atoms with Gasteiger partial charge in [0.2, 0.25) is 0 Å². The number of hydrogen-bond donors (Lipinski definition) is 1. The highest BCUT2D eigenvalue weighted by Crippen LogP contribution is 2.22. The van der Waals surface area contributed by atoms with Crippen molar-refractivity contribution in [2.24, 2.45) is 0 Å². The van der Waals surface area contributed by atoms with Gasteiger partial charge in [0.1, 0.15) is 12.4 Å². The molecule has 4 heteroatoms. The number of furan rings is 1. The highest BCUT2D eigenvalue weighted by molar-refractivity contribution is 5.78. The molecule has 86 valence electrons. The van der Waals surface area contributed by atoms with Crippen molar-refractivity contribution in [1.82, 2.24) is 9.97 Å². The third-order valence-electron chi connectivity index (χ3n) is 2.57. The van der Waals surface area contributed by atoms with Crippen LogP contribution in [0.25, 0.3) is 22.6 Å². The number of ether oxygens (including phenoxy) is 1. The molecular weight excluding hydrogens is 216 g/mol. The van der Waals surface area contributed by atoms with Gasteiger partial charge in [-0.25, -0.2) is 4.98 Å². The summed E-state index contributed by atoms with van der Waals surface area (Å²) in [5, 5.41) is 0. The summed E-state index contributed by atoms with van der Waals surface area (Å²) in [6, 6.07) is 11.7. The molecule has 0 saturated carbocycles. The number of aromatic nitrogens is 2. The Kier molecular flexibility index (Phi) is 2.42. The first-order chi connectivity index (χ1) is 8.36. The summed E-state index contributed by atoms with van der Waals surface area (Å²) >= 11 is 0. The van der Waals surface area contributed by atoms with E-state index in [1.54, 1.807) is 7.11 Å². The van der Waals surface area contributed by atoms with Crippen molar-refractivity contribution >= 4 is 11.0 Å².